The van der Waals surface area contributed by atoms with Gasteiger partial charge in [-0.25, -0.2) is 4.98 Å². The molecule has 1 aliphatic rings. The van der Waals surface area contributed by atoms with E-state index >= 15 is 0 Å². The summed E-state index contributed by atoms with van der Waals surface area (Å²) in [5, 5.41) is 3.13. The Bertz CT molecular complexity index is 428. The topological polar surface area (TPSA) is 42.0 Å². The molecule has 104 valence electrons. The third kappa shape index (κ3) is 4.03. The van der Waals surface area contributed by atoms with Crippen LogP contribution < -0.4 is 5.32 Å². The van der Waals surface area contributed by atoms with E-state index in [0.29, 0.717) is 16.2 Å². The summed E-state index contributed by atoms with van der Waals surface area (Å²) in [6.45, 7) is 2.24. The second-order valence-electron chi connectivity index (χ2n) is 5.32. The van der Waals surface area contributed by atoms with Crippen molar-refractivity contribution in [3.05, 3.63) is 28.5 Å². The monoisotopic (exact) mass is 324 g/mol. The number of carbonyl (C=O) groups excluding carboxylic acids is 1. The van der Waals surface area contributed by atoms with E-state index in [-0.39, 0.29) is 5.91 Å². The van der Waals surface area contributed by atoms with E-state index in [4.69, 9.17) is 0 Å². The lowest BCUT2D eigenvalue weighted by Crippen LogP contribution is -2.37. The molecule has 0 aromatic carbocycles. The highest BCUT2D eigenvalue weighted by molar-refractivity contribution is 9.10. The Kier molecular flexibility index (Phi) is 5.37. The third-order valence-electron chi connectivity index (χ3n) is 3.88. The number of hydrogen-bond donors (Lipinski definition) is 1. The Balaban J connectivity index is 1.86. The minimum atomic E-state index is -0.0149. The molecule has 0 saturated heterocycles. The van der Waals surface area contributed by atoms with Crippen molar-refractivity contribution in [3.8, 4) is 0 Å². The van der Waals surface area contributed by atoms with Crippen molar-refractivity contribution >= 4 is 21.8 Å². The second kappa shape index (κ2) is 7.04. The van der Waals surface area contributed by atoms with Gasteiger partial charge in [-0.1, -0.05) is 19.8 Å². The molecule has 1 aliphatic carbocycles. The highest BCUT2D eigenvalue weighted by Crippen LogP contribution is 2.28. The van der Waals surface area contributed by atoms with Crippen LogP contribution in [0.1, 0.15) is 55.8 Å². The molecule has 19 heavy (non-hydrogen) atoms. The molecule has 1 aromatic rings. The summed E-state index contributed by atoms with van der Waals surface area (Å²) in [4.78, 5) is 16.2. The number of hydrogen-bond acceptors (Lipinski definition) is 2. The Morgan fingerprint density at radius 1 is 1.42 bits per heavy atom. The smallest absolute Gasteiger partial charge is 0.254 e. The predicted octanol–water partition coefficient (Wildman–Crippen LogP) is 3.93. The lowest BCUT2D eigenvalue weighted by atomic mass is 9.83. The summed E-state index contributed by atoms with van der Waals surface area (Å²) in [7, 11) is 0. The van der Waals surface area contributed by atoms with Crippen LogP contribution >= 0.6 is 15.9 Å². The maximum absolute atomic E-state index is 12.2. The fraction of sp³-hybridized carbons (Fsp3) is 0.600. The molecule has 1 aromatic heterocycles. The summed E-state index contributed by atoms with van der Waals surface area (Å²) < 4.78 is 0.618. The third-order valence-corrected chi connectivity index (χ3v) is 4.51. The van der Waals surface area contributed by atoms with Crippen molar-refractivity contribution in [3.63, 3.8) is 0 Å². The largest absolute Gasteiger partial charge is 0.349 e. The van der Waals surface area contributed by atoms with Gasteiger partial charge in [-0.05, 0) is 59.7 Å². The molecular formula is C15H21BrN2O. The Labute approximate surface area is 123 Å². The first-order chi connectivity index (χ1) is 9.20. The highest BCUT2D eigenvalue weighted by Gasteiger charge is 2.22. The fourth-order valence-corrected chi connectivity index (χ4v) is 3.25. The minimum absolute atomic E-state index is 0.0149. The Hall–Kier alpha value is -0.900. The van der Waals surface area contributed by atoms with Crippen LogP contribution in [-0.4, -0.2) is 16.9 Å². The Morgan fingerprint density at radius 2 is 2.16 bits per heavy atom. The molecule has 2 rings (SSSR count). The van der Waals surface area contributed by atoms with Crippen molar-refractivity contribution < 1.29 is 4.79 Å². The first kappa shape index (κ1) is 14.5. The van der Waals surface area contributed by atoms with Gasteiger partial charge in [0.15, 0.2) is 0 Å². The van der Waals surface area contributed by atoms with Crippen LogP contribution in [0.15, 0.2) is 22.9 Å². The summed E-state index contributed by atoms with van der Waals surface area (Å²) in [6.07, 6.45) is 8.97. The van der Waals surface area contributed by atoms with E-state index in [1.807, 2.05) is 0 Å². The molecule has 1 heterocycles. The van der Waals surface area contributed by atoms with Crippen LogP contribution in [0.5, 0.6) is 0 Å². The zero-order valence-corrected chi connectivity index (χ0v) is 12.9. The molecule has 1 fully saturated rings. The van der Waals surface area contributed by atoms with E-state index < -0.39 is 0 Å². The molecule has 4 heteroatoms. The van der Waals surface area contributed by atoms with Crippen LogP contribution in [-0.2, 0) is 0 Å². The van der Waals surface area contributed by atoms with Gasteiger partial charge in [0.1, 0.15) is 4.60 Å². The van der Waals surface area contributed by atoms with Gasteiger partial charge >= 0.3 is 0 Å². The highest BCUT2D eigenvalue weighted by atomic mass is 79.9. The van der Waals surface area contributed by atoms with E-state index in [2.05, 4.69) is 33.2 Å². The SMILES string of the molecule is CCCC1CCC(NC(=O)c2cccnc2Br)CC1. The molecule has 1 saturated carbocycles. The maximum atomic E-state index is 12.2. The van der Waals surface area contributed by atoms with Gasteiger partial charge in [0, 0.05) is 12.2 Å². The van der Waals surface area contributed by atoms with Crippen LogP contribution in [0.4, 0.5) is 0 Å². The van der Waals surface area contributed by atoms with Gasteiger partial charge < -0.3 is 5.32 Å². The minimum Gasteiger partial charge on any atom is -0.349 e. The number of pyridine rings is 1. The van der Waals surface area contributed by atoms with Gasteiger partial charge in [-0.2, -0.15) is 0 Å². The average Bonchev–Trinajstić information content (AvgIpc) is 2.42. The number of amides is 1. The zero-order valence-electron chi connectivity index (χ0n) is 11.4. The summed E-state index contributed by atoms with van der Waals surface area (Å²) in [6, 6.07) is 3.92. The number of halogens is 1. The number of carbonyl (C=O) groups is 1. The van der Waals surface area contributed by atoms with E-state index in [9.17, 15) is 4.79 Å². The lowest BCUT2D eigenvalue weighted by Gasteiger charge is -2.29. The second-order valence-corrected chi connectivity index (χ2v) is 6.07. The first-order valence-corrected chi connectivity index (χ1v) is 7.91. The quantitative estimate of drug-likeness (QED) is 0.852. The lowest BCUT2D eigenvalue weighted by molar-refractivity contribution is 0.0920. The van der Waals surface area contributed by atoms with E-state index in [0.717, 1.165) is 18.8 Å². The predicted molar refractivity (Wildman–Crippen MR) is 80.1 cm³/mol. The molecule has 0 radical (unpaired) electrons. The van der Waals surface area contributed by atoms with Gasteiger partial charge in [-0.15, -0.1) is 0 Å². The van der Waals surface area contributed by atoms with Crippen molar-refractivity contribution in [2.45, 2.75) is 51.5 Å². The zero-order chi connectivity index (χ0) is 13.7. The molecule has 0 spiro atoms. The summed E-state index contributed by atoms with van der Waals surface area (Å²) in [5.74, 6) is 0.849. The summed E-state index contributed by atoms with van der Waals surface area (Å²) >= 11 is 3.32. The average molecular weight is 325 g/mol. The maximum Gasteiger partial charge on any atom is 0.254 e. The normalized spacial score (nSPS) is 23.1. The van der Waals surface area contributed by atoms with Gasteiger partial charge in [-0.3, -0.25) is 4.79 Å². The van der Waals surface area contributed by atoms with Crippen LogP contribution in [0.2, 0.25) is 0 Å². The van der Waals surface area contributed by atoms with Gasteiger partial charge in [0.05, 0.1) is 5.56 Å². The van der Waals surface area contributed by atoms with Crippen LogP contribution in [0.3, 0.4) is 0 Å². The molecule has 0 unspecified atom stereocenters. The molecule has 0 bridgehead atoms. The van der Waals surface area contributed by atoms with Gasteiger partial charge in [0.25, 0.3) is 5.91 Å². The Morgan fingerprint density at radius 3 is 2.79 bits per heavy atom. The van der Waals surface area contributed by atoms with Crippen molar-refractivity contribution in [1.29, 1.82) is 0 Å². The molecule has 1 amide bonds. The number of nitrogens with one attached hydrogen (secondary N) is 1. The summed E-state index contributed by atoms with van der Waals surface area (Å²) in [5.41, 5.74) is 0.623. The molecule has 0 atom stereocenters. The molecule has 3 nitrogen and oxygen atoms in total. The molecule has 1 N–H and O–H groups in total. The molecule has 0 aliphatic heterocycles. The van der Waals surface area contributed by atoms with Crippen molar-refractivity contribution in [2.75, 3.05) is 0 Å². The van der Waals surface area contributed by atoms with Crippen molar-refractivity contribution in [2.24, 2.45) is 5.92 Å². The first-order valence-electron chi connectivity index (χ1n) is 7.12. The number of rotatable bonds is 4. The fourth-order valence-electron chi connectivity index (χ4n) is 2.82. The number of nitrogens with zero attached hydrogens (tertiary/aromatic N) is 1. The van der Waals surface area contributed by atoms with Crippen LogP contribution in [0, 0.1) is 5.92 Å². The van der Waals surface area contributed by atoms with Gasteiger partial charge in [0.2, 0.25) is 0 Å². The molecular weight excluding hydrogens is 304 g/mol. The van der Waals surface area contributed by atoms with Crippen molar-refractivity contribution in [1.82, 2.24) is 10.3 Å². The van der Waals surface area contributed by atoms with E-state index in [1.54, 1.807) is 18.3 Å². The van der Waals surface area contributed by atoms with Crippen LogP contribution in [0.25, 0.3) is 0 Å². The standard InChI is InChI=1S/C15H21BrN2O/c1-2-4-11-6-8-12(9-7-11)18-15(19)13-5-3-10-17-14(13)16/h3,5,10-12H,2,4,6-9H2,1H3,(H,18,19). The van der Waals surface area contributed by atoms with E-state index in [1.165, 1.54) is 25.7 Å². The number of aromatic nitrogens is 1.